The highest BCUT2D eigenvalue weighted by Crippen LogP contribution is 2.24. The minimum absolute atomic E-state index is 0.00110. The van der Waals surface area contributed by atoms with Gasteiger partial charge in [-0.1, -0.05) is 107 Å². The highest BCUT2D eigenvalue weighted by atomic mass is 35.5. The van der Waals surface area contributed by atoms with E-state index in [2.05, 4.69) is 12.0 Å². The van der Waals surface area contributed by atoms with Crippen molar-refractivity contribution >= 4 is 11.6 Å². The van der Waals surface area contributed by atoms with E-state index >= 15 is 0 Å². The van der Waals surface area contributed by atoms with Gasteiger partial charge in [-0.2, -0.15) is 4.68 Å². The number of ether oxygens (including phenoxy) is 2. The Bertz CT molecular complexity index is 1060. The lowest BCUT2D eigenvalue weighted by Gasteiger charge is -2.06. The van der Waals surface area contributed by atoms with Crippen LogP contribution >= 0.6 is 11.6 Å². The maximum absolute atomic E-state index is 12.2. The van der Waals surface area contributed by atoms with E-state index in [4.69, 9.17) is 25.5 Å². The average molecular weight is 529 g/mol. The number of benzene rings is 2. The molecule has 6 nitrogen and oxygen atoms in total. The summed E-state index contributed by atoms with van der Waals surface area (Å²) in [6, 6.07) is 14.1. The van der Waals surface area contributed by atoms with E-state index in [1.54, 1.807) is 48.5 Å². The van der Waals surface area contributed by atoms with Crippen LogP contribution in [0.15, 0.2) is 57.7 Å². The molecule has 0 unspecified atom stereocenters. The van der Waals surface area contributed by atoms with Crippen LogP contribution in [0.4, 0.5) is 0 Å². The van der Waals surface area contributed by atoms with Crippen molar-refractivity contribution in [1.29, 1.82) is 0 Å². The standard InChI is InChI=1S/C30H41ClN2O4/c1-2-3-4-5-6-7-8-9-10-11-12-13-14-15-24-35-29-32-33(30(34)37-29)26-18-22-28(23-19-26)36-27-20-16-25(31)17-21-27/h16-23H,2-15,24H2,1H3. The second kappa shape index (κ2) is 16.9. The van der Waals surface area contributed by atoms with E-state index in [0.29, 0.717) is 28.8 Å². The summed E-state index contributed by atoms with van der Waals surface area (Å²) in [6.07, 6.45) is 18.3. The molecule has 0 radical (unpaired) electrons. The number of unbranched alkanes of at least 4 members (excludes halogenated alkanes) is 13. The van der Waals surface area contributed by atoms with Gasteiger partial charge in [0.1, 0.15) is 11.5 Å². The fraction of sp³-hybridized carbons (Fsp3) is 0.533. The van der Waals surface area contributed by atoms with Gasteiger partial charge in [-0.25, -0.2) is 4.79 Å². The van der Waals surface area contributed by atoms with Crippen molar-refractivity contribution in [3.63, 3.8) is 0 Å². The third kappa shape index (κ3) is 11.0. The summed E-state index contributed by atoms with van der Waals surface area (Å²) in [6.45, 7) is 2.76. The van der Waals surface area contributed by atoms with Crippen LogP contribution in [0.5, 0.6) is 17.6 Å². The molecule has 3 rings (SSSR count). The van der Waals surface area contributed by atoms with Crippen LogP contribution in [0.1, 0.15) is 96.8 Å². The van der Waals surface area contributed by atoms with Crippen LogP contribution in [-0.4, -0.2) is 16.4 Å². The lowest BCUT2D eigenvalue weighted by atomic mass is 10.0. The van der Waals surface area contributed by atoms with Gasteiger partial charge < -0.3 is 13.9 Å². The van der Waals surface area contributed by atoms with Gasteiger partial charge in [-0.15, -0.1) is 0 Å². The third-order valence-corrected chi connectivity index (χ3v) is 6.64. The lowest BCUT2D eigenvalue weighted by molar-refractivity contribution is 0.219. The zero-order valence-electron chi connectivity index (χ0n) is 22.1. The summed E-state index contributed by atoms with van der Waals surface area (Å²) in [5, 5.41) is 4.82. The average Bonchev–Trinajstić information content (AvgIpc) is 3.28. The van der Waals surface area contributed by atoms with Crippen molar-refractivity contribution in [2.45, 2.75) is 96.8 Å². The number of halogens is 1. The molecule has 37 heavy (non-hydrogen) atoms. The minimum Gasteiger partial charge on any atom is -0.457 e. The summed E-state index contributed by atoms with van der Waals surface area (Å²) in [5.74, 6) is 0.731. The van der Waals surface area contributed by atoms with Gasteiger partial charge in [0.15, 0.2) is 0 Å². The zero-order valence-corrected chi connectivity index (χ0v) is 22.9. The molecule has 0 atom stereocenters. The largest absolute Gasteiger partial charge is 0.457 e. The van der Waals surface area contributed by atoms with E-state index in [9.17, 15) is 4.79 Å². The maximum atomic E-state index is 12.2. The molecular formula is C30H41ClN2O4. The normalized spacial score (nSPS) is 11.1. The predicted octanol–water partition coefficient (Wildman–Crippen LogP) is 9.13. The molecule has 0 aliphatic heterocycles. The topological polar surface area (TPSA) is 66.5 Å². The highest BCUT2D eigenvalue weighted by molar-refractivity contribution is 6.30. The van der Waals surface area contributed by atoms with Crippen molar-refractivity contribution in [3.8, 4) is 23.3 Å². The Balaban J connectivity index is 1.26. The molecule has 2 aromatic carbocycles. The molecule has 1 heterocycles. The molecule has 3 aromatic rings. The van der Waals surface area contributed by atoms with Crippen LogP contribution < -0.4 is 15.2 Å². The fourth-order valence-electron chi connectivity index (χ4n) is 4.23. The smallest absolute Gasteiger partial charge is 0.444 e. The van der Waals surface area contributed by atoms with Crippen LogP contribution in [0, 0.1) is 0 Å². The Morgan fingerprint density at radius 2 is 1.22 bits per heavy atom. The van der Waals surface area contributed by atoms with E-state index < -0.39 is 5.76 Å². The van der Waals surface area contributed by atoms with Gasteiger partial charge in [-0.3, -0.25) is 0 Å². The molecule has 0 saturated heterocycles. The molecule has 0 bridgehead atoms. The van der Waals surface area contributed by atoms with E-state index in [1.807, 2.05) is 0 Å². The van der Waals surface area contributed by atoms with E-state index in [1.165, 1.54) is 81.7 Å². The summed E-state index contributed by atoms with van der Waals surface area (Å²) in [5.41, 5.74) is 0.573. The zero-order chi connectivity index (χ0) is 26.1. The number of hydrogen-bond acceptors (Lipinski definition) is 5. The molecule has 0 aliphatic rings. The second-order valence-corrected chi connectivity index (χ2v) is 9.98. The first-order valence-electron chi connectivity index (χ1n) is 13.9. The van der Waals surface area contributed by atoms with Gasteiger partial charge in [0.05, 0.1) is 12.3 Å². The molecular weight excluding hydrogens is 488 g/mol. The van der Waals surface area contributed by atoms with Gasteiger partial charge in [0.2, 0.25) is 0 Å². The molecule has 0 aliphatic carbocycles. The van der Waals surface area contributed by atoms with Crippen molar-refractivity contribution in [2.24, 2.45) is 0 Å². The number of aromatic nitrogens is 2. The Morgan fingerprint density at radius 3 is 1.76 bits per heavy atom. The number of hydrogen-bond donors (Lipinski definition) is 0. The van der Waals surface area contributed by atoms with Gasteiger partial charge >= 0.3 is 11.8 Å². The SMILES string of the molecule is CCCCCCCCCCCCCCCCOc1nn(-c2ccc(Oc3ccc(Cl)cc3)cc2)c(=O)o1. The molecule has 0 N–H and O–H groups in total. The summed E-state index contributed by atoms with van der Waals surface area (Å²) >= 11 is 5.90. The Hall–Kier alpha value is -2.73. The van der Waals surface area contributed by atoms with Gasteiger partial charge in [-0.05, 0) is 55.0 Å². The summed E-state index contributed by atoms with van der Waals surface area (Å²) in [7, 11) is 0. The first-order valence-corrected chi connectivity index (χ1v) is 14.3. The van der Waals surface area contributed by atoms with Crippen molar-refractivity contribution in [2.75, 3.05) is 6.61 Å². The number of nitrogens with zero attached hydrogens (tertiary/aromatic N) is 2. The minimum atomic E-state index is -0.581. The molecule has 0 fully saturated rings. The van der Waals surface area contributed by atoms with E-state index in [0.717, 1.165) is 12.8 Å². The van der Waals surface area contributed by atoms with Crippen LogP contribution in [0.3, 0.4) is 0 Å². The van der Waals surface area contributed by atoms with Crippen molar-refractivity contribution in [3.05, 3.63) is 64.1 Å². The highest BCUT2D eigenvalue weighted by Gasteiger charge is 2.11. The molecule has 0 spiro atoms. The van der Waals surface area contributed by atoms with Crippen molar-refractivity contribution in [1.82, 2.24) is 9.78 Å². The van der Waals surface area contributed by atoms with Crippen LogP contribution in [0.2, 0.25) is 5.02 Å². The predicted molar refractivity (Wildman–Crippen MR) is 149 cm³/mol. The molecule has 0 saturated carbocycles. The second-order valence-electron chi connectivity index (χ2n) is 9.54. The Morgan fingerprint density at radius 1 is 0.730 bits per heavy atom. The lowest BCUT2D eigenvalue weighted by Crippen LogP contribution is -2.13. The summed E-state index contributed by atoms with van der Waals surface area (Å²) < 4.78 is 17.7. The van der Waals surface area contributed by atoms with Gasteiger partial charge in [0, 0.05) is 5.02 Å². The molecule has 1 aromatic heterocycles. The third-order valence-electron chi connectivity index (χ3n) is 6.38. The van der Waals surface area contributed by atoms with Crippen LogP contribution in [-0.2, 0) is 0 Å². The summed E-state index contributed by atoms with van der Waals surface area (Å²) in [4.78, 5) is 12.2. The van der Waals surface area contributed by atoms with Crippen molar-refractivity contribution < 1.29 is 13.9 Å². The van der Waals surface area contributed by atoms with Crippen LogP contribution in [0.25, 0.3) is 5.69 Å². The van der Waals surface area contributed by atoms with E-state index in [-0.39, 0.29) is 6.08 Å². The molecule has 7 heteroatoms. The molecule has 202 valence electrons. The monoisotopic (exact) mass is 528 g/mol. The quantitative estimate of drug-likeness (QED) is 0.145. The first-order chi connectivity index (χ1) is 18.2. The molecule has 0 amide bonds. The first kappa shape index (κ1) is 28.8. The fourth-order valence-corrected chi connectivity index (χ4v) is 4.36. The Kier molecular flexibility index (Phi) is 13.2. The Labute approximate surface area is 225 Å². The maximum Gasteiger partial charge on any atom is 0.444 e. The number of rotatable bonds is 19. The van der Waals surface area contributed by atoms with Gasteiger partial charge in [0.25, 0.3) is 0 Å².